The van der Waals surface area contributed by atoms with E-state index in [1.165, 1.54) is 0 Å². The molecule has 2 unspecified atom stereocenters. The van der Waals surface area contributed by atoms with Crippen molar-refractivity contribution in [3.05, 3.63) is 0 Å². The summed E-state index contributed by atoms with van der Waals surface area (Å²) in [4.78, 5) is 0. The van der Waals surface area contributed by atoms with Gasteiger partial charge in [-0.1, -0.05) is 0 Å². The Kier molecular flexibility index (Phi) is 3.60. The van der Waals surface area contributed by atoms with Crippen LogP contribution in [0.15, 0.2) is 0 Å². The highest BCUT2D eigenvalue weighted by atomic mass is 19.3. The van der Waals surface area contributed by atoms with Crippen LogP contribution < -0.4 is 5.32 Å². The Morgan fingerprint density at radius 2 is 1.08 bits per heavy atom. The van der Waals surface area contributed by atoms with Gasteiger partial charge in [0.2, 0.25) is 11.6 Å². The first kappa shape index (κ1) is 12.5. The largest absolute Gasteiger partial charge is 0.285 e. The zero-order valence-corrected chi connectivity index (χ0v) is 6.92. The van der Waals surface area contributed by atoms with Gasteiger partial charge >= 0.3 is 0 Å². The Hall–Kier alpha value is -0.460. The Balaban J connectivity index is 4.42. The summed E-state index contributed by atoms with van der Waals surface area (Å²) in [6, 6.07) is 0. The van der Waals surface area contributed by atoms with E-state index in [1.807, 2.05) is 0 Å². The smallest absolute Gasteiger partial charge is 0.243 e. The normalized spacial score (nSPS) is 21.7. The van der Waals surface area contributed by atoms with Gasteiger partial charge in [-0.25, -0.2) is 31.7 Å². The van der Waals surface area contributed by atoms with Crippen LogP contribution in [0.25, 0.3) is 0 Å². The van der Waals surface area contributed by atoms with E-state index < -0.39 is 24.4 Å². The minimum atomic E-state index is -3.58. The predicted octanol–water partition coefficient (Wildman–Crippen LogP) is 2.48. The van der Waals surface area contributed by atoms with E-state index in [9.17, 15) is 26.3 Å². The minimum Gasteiger partial charge on any atom is -0.243 e. The molecular formula is C6H9F6N. The summed E-state index contributed by atoms with van der Waals surface area (Å²) in [6.45, 7) is 0.579. The van der Waals surface area contributed by atoms with Gasteiger partial charge in [0.05, 0.1) is 0 Å². The maximum atomic E-state index is 12.6. The second-order valence-electron chi connectivity index (χ2n) is 2.88. The first-order valence-corrected chi connectivity index (χ1v) is 3.33. The number of halogens is 6. The van der Waals surface area contributed by atoms with Gasteiger partial charge in [-0.2, -0.15) is 0 Å². The van der Waals surface area contributed by atoms with E-state index in [2.05, 4.69) is 0 Å². The molecule has 0 saturated carbocycles. The molecule has 0 aliphatic heterocycles. The average molecular weight is 209 g/mol. The molecule has 0 fully saturated rings. The highest BCUT2D eigenvalue weighted by Crippen LogP contribution is 2.25. The highest BCUT2D eigenvalue weighted by molar-refractivity contribution is 4.83. The summed E-state index contributed by atoms with van der Waals surface area (Å²) in [5, 5.41) is 0.898. The van der Waals surface area contributed by atoms with Crippen molar-refractivity contribution < 1.29 is 26.3 Å². The van der Waals surface area contributed by atoms with Crippen molar-refractivity contribution in [2.24, 2.45) is 0 Å². The van der Waals surface area contributed by atoms with Crippen LogP contribution in [-0.4, -0.2) is 24.4 Å². The second-order valence-corrected chi connectivity index (χ2v) is 2.88. The minimum absolute atomic E-state index is 0.290. The van der Waals surface area contributed by atoms with E-state index in [0.717, 1.165) is 5.32 Å². The fraction of sp³-hybridized carbons (Fsp3) is 1.00. The molecule has 7 heteroatoms. The maximum Gasteiger partial charge on any atom is 0.285 e. The molecule has 0 aromatic heterocycles. The lowest BCUT2D eigenvalue weighted by atomic mass is 10.2. The van der Waals surface area contributed by atoms with Gasteiger partial charge in [-0.3, -0.25) is 0 Å². The average Bonchev–Trinajstić information content (AvgIpc) is 1.83. The summed E-state index contributed by atoms with van der Waals surface area (Å²) < 4.78 is 72.3. The second kappa shape index (κ2) is 3.73. The number of hydrogen-bond acceptors (Lipinski definition) is 1. The lowest BCUT2D eigenvalue weighted by molar-refractivity contribution is -0.128. The maximum absolute atomic E-state index is 12.6. The van der Waals surface area contributed by atoms with Crippen molar-refractivity contribution in [3.63, 3.8) is 0 Å². The lowest BCUT2D eigenvalue weighted by Gasteiger charge is -2.29. The molecule has 0 radical (unpaired) electrons. The number of hydrogen-bond donors (Lipinski definition) is 1. The van der Waals surface area contributed by atoms with Crippen LogP contribution in [0.5, 0.6) is 0 Å². The zero-order valence-electron chi connectivity index (χ0n) is 6.92. The third-order valence-electron chi connectivity index (χ3n) is 1.31. The van der Waals surface area contributed by atoms with Crippen LogP contribution in [0.3, 0.4) is 0 Å². The molecule has 0 bridgehead atoms. The fourth-order valence-electron chi connectivity index (χ4n) is 0.587. The third-order valence-corrected chi connectivity index (χ3v) is 1.31. The van der Waals surface area contributed by atoms with Crippen LogP contribution in [0.4, 0.5) is 26.3 Å². The van der Waals surface area contributed by atoms with Gasteiger partial charge in [-0.05, 0) is 13.8 Å². The van der Waals surface area contributed by atoms with Crippen molar-refractivity contribution in [3.8, 4) is 0 Å². The Morgan fingerprint density at radius 1 is 0.846 bits per heavy atom. The van der Waals surface area contributed by atoms with Crippen molar-refractivity contribution >= 4 is 0 Å². The molecule has 0 aliphatic rings. The summed E-state index contributed by atoms with van der Waals surface area (Å²) in [5.74, 6) is -6.94. The molecule has 0 aromatic rings. The molecule has 1 N–H and O–H groups in total. The summed E-state index contributed by atoms with van der Waals surface area (Å²) in [7, 11) is 0. The predicted molar refractivity (Wildman–Crippen MR) is 34.2 cm³/mol. The molecular weight excluding hydrogens is 200 g/mol. The van der Waals surface area contributed by atoms with Crippen LogP contribution in [0.2, 0.25) is 0 Å². The van der Waals surface area contributed by atoms with Gasteiger partial charge < -0.3 is 0 Å². The first-order chi connectivity index (χ1) is 5.59. The molecule has 0 heterocycles. The van der Waals surface area contributed by atoms with Crippen molar-refractivity contribution in [2.75, 3.05) is 0 Å². The molecule has 0 rings (SSSR count). The topological polar surface area (TPSA) is 12.0 Å². The highest BCUT2D eigenvalue weighted by Gasteiger charge is 2.46. The number of rotatable bonds is 4. The van der Waals surface area contributed by atoms with Gasteiger partial charge in [0.15, 0.2) is 0 Å². The standard InChI is InChI=1S/C6H9F6N/c1-5(11,3(7)8)13-6(2,12)4(9)10/h3-4,13H,1-2H3. The van der Waals surface area contributed by atoms with Crippen LogP contribution in [0, 0.1) is 0 Å². The van der Waals surface area contributed by atoms with Crippen LogP contribution >= 0.6 is 0 Å². The molecule has 2 atom stereocenters. The van der Waals surface area contributed by atoms with Gasteiger partial charge in [0.25, 0.3) is 12.9 Å². The third kappa shape index (κ3) is 3.41. The molecule has 0 saturated heterocycles. The lowest BCUT2D eigenvalue weighted by Crippen LogP contribution is -2.57. The quantitative estimate of drug-likeness (QED) is 0.554. The van der Waals surface area contributed by atoms with Crippen LogP contribution in [-0.2, 0) is 0 Å². The molecule has 0 aliphatic carbocycles. The Morgan fingerprint density at radius 3 is 1.23 bits per heavy atom. The fourth-order valence-corrected chi connectivity index (χ4v) is 0.587. The van der Waals surface area contributed by atoms with Gasteiger partial charge in [-0.15, -0.1) is 0 Å². The number of alkyl halides is 6. The van der Waals surface area contributed by atoms with Crippen LogP contribution in [0.1, 0.15) is 13.8 Å². The molecule has 1 nitrogen and oxygen atoms in total. The summed E-state index contributed by atoms with van der Waals surface area (Å²) in [6.07, 6.45) is -7.16. The van der Waals surface area contributed by atoms with Crippen molar-refractivity contribution in [2.45, 2.75) is 38.3 Å². The summed E-state index contributed by atoms with van der Waals surface area (Å²) >= 11 is 0. The molecule has 0 aromatic carbocycles. The molecule has 0 spiro atoms. The molecule has 0 amide bonds. The van der Waals surface area contributed by atoms with E-state index >= 15 is 0 Å². The SMILES string of the molecule is CC(F)(NC(C)(F)C(F)F)C(F)F. The summed E-state index contributed by atoms with van der Waals surface area (Å²) in [5.41, 5.74) is 0. The van der Waals surface area contributed by atoms with E-state index in [0.29, 0.717) is 0 Å². The van der Waals surface area contributed by atoms with Crippen molar-refractivity contribution in [1.29, 1.82) is 0 Å². The van der Waals surface area contributed by atoms with Gasteiger partial charge in [0.1, 0.15) is 0 Å². The first-order valence-electron chi connectivity index (χ1n) is 3.33. The number of nitrogens with one attached hydrogen (secondary N) is 1. The Labute approximate surface area is 71.1 Å². The monoisotopic (exact) mass is 209 g/mol. The van der Waals surface area contributed by atoms with E-state index in [-0.39, 0.29) is 13.8 Å². The van der Waals surface area contributed by atoms with E-state index in [4.69, 9.17) is 0 Å². The van der Waals surface area contributed by atoms with Crippen molar-refractivity contribution in [1.82, 2.24) is 5.32 Å². The molecule has 13 heavy (non-hydrogen) atoms. The van der Waals surface area contributed by atoms with E-state index in [1.54, 1.807) is 0 Å². The van der Waals surface area contributed by atoms with Gasteiger partial charge in [0, 0.05) is 0 Å². The Bertz CT molecular complexity index is 149. The zero-order chi connectivity index (χ0) is 10.9. The molecule has 80 valence electrons.